The Labute approximate surface area is 202 Å². The lowest BCUT2D eigenvalue weighted by Gasteiger charge is -2.44. The number of methoxy groups -OCH3 is 1. The normalized spacial score (nSPS) is 26.8. The molecule has 1 N–H and O–H groups in total. The molecule has 4 aliphatic heterocycles. The van der Waals surface area contributed by atoms with Crippen LogP contribution in [0.4, 0.5) is 4.79 Å². The van der Waals surface area contributed by atoms with Crippen LogP contribution in [-0.4, -0.2) is 50.4 Å². The van der Waals surface area contributed by atoms with Crippen molar-refractivity contribution >= 4 is 6.09 Å². The van der Waals surface area contributed by atoms with Gasteiger partial charge in [0, 0.05) is 23.1 Å². The predicted molar refractivity (Wildman–Crippen MR) is 132 cm³/mol. The zero-order valence-corrected chi connectivity index (χ0v) is 20.7. The van der Waals surface area contributed by atoms with E-state index in [2.05, 4.69) is 55.3 Å². The Bertz CT molecular complexity index is 1060. The van der Waals surface area contributed by atoms with Crippen molar-refractivity contribution in [3.63, 3.8) is 0 Å². The molecule has 0 aromatic heterocycles. The average molecular weight is 465 g/mol. The highest BCUT2D eigenvalue weighted by Crippen LogP contribution is 2.47. The second-order valence-electron chi connectivity index (χ2n) is 10.6. The number of nitrogens with zero attached hydrogens (tertiary/aromatic N) is 1. The third kappa shape index (κ3) is 4.36. The van der Waals surface area contributed by atoms with Crippen LogP contribution in [0.15, 0.2) is 36.4 Å². The summed E-state index contributed by atoms with van der Waals surface area (Å²) in [7, 11) is 1.69. The lowest BCUT2D eigenvalue weighted by molar-refractivity contribution is -0.0361. The number of piperidine rings is 3. The maximum atomic E-state index is 13.0. The number of nitrogens with one attached hydrogen (secondary N) is 1. The molecule has 3 fully saturated rings. The van der Waals surface area contributed by atoms with Crippen LogP contribution in [0.5, 0.6) is 11.5 Å². The van der Waals surface area contributed by atoms with Gasteiger partial charge in [-0.2, -0.15) is 0 Å². The second kappa shape index (κ2) is 9.14. The number of carbonyl (C=O) groups is 1. The lowest BCUT2D eigenvalue weighted by Crippen LogP contribution is -2.53. The first kappa shape index (κ1) is 23.0. The minimum absolute atomic E-state index is 0.0207. The number of hydrogen-bond donors (Lipinski definition) is 1. The molecule has 2 atom stereocenters. The van der Waals surface area contributed by atoms with Crippen molar-refractivity contribution in [3.8, 4) is 22.6 Å². The molecule has 6 rings (SSSR count). The van der Waals surface area contributed by atoms with E-state index in [0.717, 1.165) is 67.1 Å². The predicted octanol–water partition coefficient (Wildman–Crippen LogP) is 5.20. The molecule has 2 bridgehead atoms. The number of aryl methyl sites for hydroxylation is 1. The summed E-state index contributed by atoms with van der Waals surface area (Å²) >= 11 is 0. The smallest absolute Gasteiger partial charge is 0.407 e. The highest BCUT2D eigenvalue weighted by molar-refractivity contribution is 5.75. The van der Waals surface area contributed by atoms with Gasteiger partial charge in [-0.15, -0.1) is 0 Å². The largest absolute Gasteiger partial charge is 0.496 e. The summed E-state index contributed by atoms with van der Waals surface area (Å²) in [5.41, 5.74) is 3.99. The van der Waals surface area contributed by atoms with Crippen molar-refractivity contribution in [2.24, 2.45) is 11.3 Å². The maximum Gasteiger partial charge on any atom is 0.407 e. The number of rotatable bonds is 5. The van der Waals surface area contributed by atoms with Gasteiger partial charge in [0.2, 0.25) is 0 Å². The fourth-order valence-corrected chi connectivity index (χ4v) is 5.65. The first-order valence-corrected chi connectivity index (χ1v) is 12.5. The minimum atomic E-state index is -0.344. The Balaban J connectivity index is 1.42. The maximum absolute atomic E-state index is 13.0. The van der Waals surface area contributed by atoms with Crippen LogP contribution >= 0.6 is 0 Å². The Hall–Kier alpha value is -2.73. The van der Waals surface area contributed by atoms with Gasteiger partial charge in [-0.05, 0) is 61.5 Å². The van der Waals surface area contributed by atoms with Gasteiger partial charge < -0.3 is 19.5 Å². The van der Waals surface area contributed by atoms with E-state index >= 15 is 0 Å². The van der Waals surface area contributed by atoms with Gasteiger partial charge in [-0.25, -0.2) is 4.79 Å². The summed E-state index contributed by atoms with van der Waals surface area (Å²) in [4.78, 5) is 15.4. The van der Waals surface area contributed by atoms with Crippen molar-refractivity contribution in [1.82, 2.24) is 10.2 Å². The first-order valence-electron chi connectivity index (χ1n) is 12.5. The molecule has 0 saturated carbocycles. The molecule has 0 radical (unpaired) electrons. The Morgan fingerprint density at radius 3 is 2.68 bits per heavy atom. The summed E-state index contributed by atoms with van der Waals surface area (Å²) in [5, 5.41) is 3.19. The third-order valence-electron chi connectivity index (χ3n) is 7.79. The second-order valence-corrected chi connectivity index (χ2v) is 10.6. The summed E-state index contributed by atoms with van der Waals surface area (Å²) < 4.78 is 18.0. The topological polar surface area (TPSA) is 60.0 Å². The highest BCUT2D eigenvalue weighted by atomic mass is 16.6. The fraction of sp³-hybridized carbons (Fsp3) is 0.536. The Kier molecular flexibility index (Phi) is 6.19. The van der Waals surface area contributed by atoms with E-state index in [1.165, 1.54) is 5.56 Å². The van der Waals surface area contributed by atoms with Crippen LogP contribution in [0.25, 0.3) is 11.1 Å². The zero-order chi connectivity index (χ0) is 23.9. The van der Waals surface area contributed by atoms with E-state index in [-0.39, 0.29) is 23.7 Å². The van der Waals surface area contributed by atoms with Crippen molar-refractivity contribution < 1.29 is 19.0 Å². The molecule has 6 heteroatoms. The van der Waals surface area contributed by atoms with Crippen LogP contribution in [0.3, 0.4) is 0 Å². The molecule has 182 valence electrons. The number of amides is 1. The molecule has 3 saturated heterocycles. The van der Waals surface area contributed by atoms with Gasteiger partial charge in [0.05, 0.1) is 19.8 Å². The van der Waals surface area contributed by atoms with Crippen LogP contribution in [0, 0.1) is 11.3 Å². The minimum Gasteiger partial charge on any atom is -0.496 e. The number of hydrogen-bond acceptors (Lipinski definition) is 5. The van der Waals surface area contributed by atoms with Crippen molar-refractivity contribution in [3.05, 3.63) is 47.5 Å². The number of carbonyl (C=O) groups excluding carboxylic acids is 1. The van der Waals surface area contributed by atoms with Crippen molar-refractivity contribution in [2.45, 2.75) is 52.2 Å². The summed E-state index contributed by atoms with van der Waals surface area (Å²) in [6, 6.07) is 12.3. The molecule has 34 heavy (non-hydrogen) atoms. The van der Waals surface area contributed by atoms with Crippen molar-refractivity contribution in [2.75, 3.05) is 33.4 Å². The van der Waals surface area contributed by atoms with Crippen LogP contribution in [0.2, 0.25) is 0 Å². The van der Waals surface area contributed by atoms with Gasteiger partial charge >= 0.3 is 6.09 Å². The van der Waals surface area contributed by atoms with Gasteiger partial charge in [-0.1, -0.05) is 45.0 Å². The van der Waals surface area contributed by atoms with Gasteiger partial charge in [0.15, 0.2) is 0 Å². The molecule has 1 amide bonds. The summed E-state index contributed by atoms with van der Waals surface area (Å²) in [5.74, 6) is 2.03. The standard InChI is InChI=1S/C28H36N2O4/c1-5-18-7-6-8-20(13-18)21-14-24-22(15-23(21)32-4)26(28(2,3)17-33-24)29-27(31)34-25-16-30-11-9-19(25)10-12-30/h6-8,13-15,19,25-26H,5,9-12,16-17H2,1-4H3,(H,29,31)/t25-,26?/m1/s1. The quantitative estimate of drug-likeness (QED) is 0.659. The zero-order valence-electron chi connectivity index (χ0n) is 20.7. The van der Waals surface area contributed by atoms with Crippen LogP contribution < -0.4 is 14.8 Å². The van der Waals surface area contributed by atoms with E-state index < -0.39 is 0 Å². The van der Waals surface area contributed by atoms with Gasteiger partial charge in [0.1, 0.15) is 17.6 Å². The molecule has 6 nitrogen and oxygen atoms in total. The SMILES string of the molecule is CCc1cccc(-c2cc3c(cc2OC)C(NC(=O)O[C@@H]2CN4CCC2CC4)C(C)(C)CO3)c1. The fourth-order valence-electron chi connectivity index (χ4n) is 5.65. The average Bonchev–Trinajstić information content (AvgIpc) is 2.86. The van der Waals surface area contributed by atoms with E-state index in [4.69, 9.17) is 14.2 Å². The number of benzene rings is 2. The molecule has 0 aliphatic carbocycles. The number of ether oxygens (including phenoxy) is 3. The molecule has 4 aliphatic rings. The third-order valence-corrected chi connectivity index (χ3v) is 7.79. The Morgan fingerprint density at radius 2 is 2.00 bits per heavy atom. The number of alkyl carbamates (subject to hydrolysis) is 1. The van der Waals surface area contributed by atoms with Crippen molar-refractivity contribution in [1.29, 1.82) is 0 Å². The molecular weight excluding hydrogens is 428 g/mol. The lowest BCUT2D eigenvalue weighted by atomic mass is 9.78. The van der Waals surface area contributed by atoms with Gasteiger partial charge in [-0.3, -0.25) is 4.90 Å². The van der Waals surface area contributed by atoms with E-state index in [0.29, 0.717) is 12.5 Å². The van der Waals surface area contributed by atoms with Crippen LogP contribution in [0.1, 0.15) is 50.8 Å². The van der Waals surface area contributed by atoms with E-state index in [1.807, 2.05) is 12.1 Å². The molecular formula is C28H36N2O4. The summed E-state index contributed by atoms with van der Waals surface area (Å²) in [6.45, 7) is 9.97. The summed E-state index contributed by atoms with van der Waals surface area (Å²) in [6.07, 6.45) is 2.83. The van der Waals surface area contributed by atoms with Gasteiger partial charge in [0.25, 0.3) is 0 Å². The monoisotopic (exact) mass is 464 g/mol. The highest BCUT2D eigenvalue weighted by Gasteiger charge is 2.41. The number of fused-ring (bicyclic) bond motifs is 4. The Morgan fingerprint density at radius 1 is 1.21 bits per heavy atom. The van der Waals surface area contributed by atoms with E-state index in [9.17, 15) is 4.79 Å². The van der Waals surface area contributed by atoms with Crippen LogP contribution in [-0.2, 0) is 11.2 Å². The molecule has 2 aromatic carbocycles. The molecule has 1 unspecified atom stereocenters. The van der Waals surface area contributed by atoms with E-state index in [1.54, 1.807) is 7.11 Å². The molecule has 0 spiro atoms. The molecule has 4 heterocycles. The molecule has 2 aromatic rings. The first-order chi connectivity index (χ1) is 16.4.